The largest absolute Gasteiger partial charge is 0.480 e. The third-order valence-corrected chi connectivity index (χ3v) is 1.97. The number of halogens is 2. The van der Waals surface area contributed by atoms with Gasteiger partial charge in [-0.1, -0.05) is 11.6 Å². The lowest BCUT2D eigenvalue weighted by Crippen LogP contribution is -1.90. The molecule has 11 heavy (non-hydrogen) atoms. The van der Waals surface area contributed by atoms with Crippen LogP contribution in [-0.4, -0.2) is 12.1 Å². The molecule has 1 aromatic rings. The highest BCUT2D eigenvalue weighted by Crippen LogP contribution is 2.25. The first-order chi connectivity index (χ1) is 5.29. The van der Waals surface area contributed by atoms with Crippen molar-refractivity contribution in [1.29, 1.82) is 0 Å². The normalized spacial score (nSPS) is 9.73. The Morgan fingerprint density at radius 2 is 2.36 bits per heavy atom. The van der Waals surface area contributed by atoms with Crippen molar-refractivity contribution >= 4 is 23.2 Å². The molecule has 0 saturated carbocycles. The van der Waals surface area contributed by atoms with Crippen molar-refractivity contribution in [3.05, 3.63) is 22.8 Å². The predicted molar refractivity (Wildman–Crippen MR) is 45.4 cm³/mol. The lowest BCUT2D eigenvalue weighted by atomic mass is 10.3. The van der Waals surface area contributed by atoms with E-state index in [2.05, 4.69) is 4.98 Å². The van der Waals surface area contributed by atoms with Gasteiger partial charge in [-0.05, 0) is 11.6 Å². The summed E-state index contributed by atoms with van der Waals surface area (Å²) >= 11 is 11.4. The van der Waals surface area contributed by atoms with Gasteiger partial charge in [0.2, 0.25) is 5.88 Å². The third kappa shape index (κ3) is 1.76. The average Bonchev–Trinajstić information content (AvgIpc) is 2.05. The Kier molecular flexibility index (Phi) is 2.97. The van der Waals surface area contributed by atoms with E-state index in [1.54, 1.807) is 12.3 Å². The summed E-state index contributed by atoms with van der Waals surface area (Å²) in [5, 5.41) is 0.491. The summed E-state index contributed by atoms with van der Waals surface area (Å²) in [6, 6.07) is 1.76. The molecule has 60 valence electrons. The molecule has 0 N–H and O–H groups in total. The molecule has 4 heteroatoms. The van der Waals surface area contributed by atoms with Crippen LogP contribution in [0.3, 0.4) is 0 Å². The van der Waals surface area contributed by atoms with Crippen molar-refractivity contribution in [1.82, 2.24) is 4.98 Å². The van der Waals surface area contributed by atoms with Gasteiger partial charge >= 0.3 is 0 Å². The number of hydrogen-bond donors (Lipinski definition) is 0. The zero-order chi connectivity index (χ0) is 8.27. The van der Waals surface area contributed by atoms with Crippen LogP contribution in [0.25, 0.3) is 0 Å². The molecule has 1 aromatic heterocycles. The van der Waals surface area contributed by atoms with Crippen LogP contribution >= 0.6 is 23.2 Å². The minimum atomic E-state index is 0.373. The molecular weight excluding hydrogens is 185 g/mol. The quantitative estimate of drug-likeness (QED) is 0.671. The molecule has 0 aliphatic carbocycles. The molecule has 0 fully saturated rings. The van der Waals surface area contributed by atoms with E-state index in [4.69, 9.17) is 27.9 Å². The van der Waals surface area contributed by atoms with Crippen LogP contribution in [0.5, 0.6) is 5.88 Å². The number of aromatic nitrogens is 1. The maximum Gasteiger partial charge on any atom is 0.232 e. The predicted octanol–water partition coefficient (Wildman–Crippen LogP) is 2.48. The summed E-state index contributed by atoms with van der Waals surface area (Å²) in [4.78, 5) is 3.89. The van der Waals surface area contributed by atoms with Crippen molar-refractivity contribution in [3.8, 4) is 5.88 Å². The molecule has 0 aliphatic heterocycles. The van der Waals surface area contributed by atoms with Gasteiger partial charge in [0, 0.05) is 12.1 Å². The summed E-state index contributed by atoms with van der Waals surface area (Å²) in [6.45, 7) is 0. The Morgan fingerprint density at radius 1 is 1.64 bits per heavy atom. The number of ether oxygens (including phenoxy) is 1. The minimum absolute atomic E-state index is 0.373. The van der Waals surface area contributed by atoms with Gasteiger partial charge in [-0.3, -0.25) is 0 Å². The molecule has 0 unspecified atom stereocenters. The van der Waals surface area contributed by atoms with E-state index in [0.29, 0.717) is 16.8 Å². The average molecular weight is 192 g/mol. The van der Waals surface area contributed by atoms with Crippen LogP contribution in [0.4, 0.5) is 0 Å². The number of nitrogens with zero attached hydrogens (tertiary/aromatic N) is 1. The smallest absolute Gasteiger partial charge is 0.232 e. The molecule has 0 bridgehead atoms. The summed E-state index contributed by atoms with van der Waals surface area (Å²) in [6.07, 6.45) is 1.61. The van der Waals surface area contributed by atoms with E-state index in [0.717, 1.165) is 5.56 Å². The van der Waals surface area contributed by atoms with E-state index >= 15 is 0 Å². The third-order valence-electron chi connectivity index (χ3n) is 1.27. The molecule has 0 amide bonds. The maximum atomic E-state index is 5.84. The van der Waals surface area contributed by atoms with Gasteiger partial charge in [0.1, 0.15) is 5.02 Å². The second kappa shape index (κ2) is 3.79. The van der Waals surface area contributed by atoms with Crippen molar-refractivity contribution in [3.63, 3.8) is 0 Å². The van der Waals surface area contributed by atoms with E-state index < -0.39 is 0 Å². The first kappa shape index (κ1) is 8.62. The molecule has 0 spiro atoms. The molecule has 0 aliphatic rings. The Hall–Kier alpha value is -0.470. The van der Waals surface area contributed by atoms with Crippen molar-refractivity contribution < 1.29 is 4.74 Å². The molecule has 0 saturated heterocycles. The van der Waals surface area contributed by atoms with E-state index in [1.807, 2.05) is 0 Å². The fourth-order valence-corrected chi connectivity index (χ4v) is 1.25. The molecule has 2 nitrogen and oxygen atoms in total. The lowest BCUT2D eigenvalue weighted by Gasteiger charge is -2.03. The van der Waals surface area contributed by atoms with Crippen molar-refractivity contribution in [2.24, 2.45) is 0 Å². The van der Waals surface area contributed by atoms with E-state index in [1.165, 1.54) is 7.11 Å². The first-order valence-corrected chi connectivity index (χ1v) is 3.94. The number of pyridine rings is 1. The number of hydrogen-bond acceptors (Lipinski definition) is 2. The van der Waals surface area contributed by atoms with Crippen LogP contribution in [0, 0.1) is 0 Å². The highest BCUT2D eigenvalue weighted by atomic mass is 35.5. The van der Waals surface area contributed by atoms with Gasteiger partial charge < -0.3 is 4.74 Å². The first-order valence-electron chi connectivity index (χ1n) is 3.03. The molecule has 0 aromatic carbocycles. The van der Waals surface area contributed by atoms with Gasteiger partial charge in [0.25, 0.3) is 0 Å². The zero-order valence-corrected chi connectivity index (χ0v) is 7.49. The van der Waals surface area contributed by atoms with Gasteiger partial charge in [-0.15, -0.1) is 11.6 Å². The Bertz CT molecular complexity index is 230. The molecular formula is C7H7Cl2NO. The molecule has 1 heterocycles. The van der Waals surface area contributed by atoms with Gasteiger partial charge in [-0.25, -0.2) is 4.98 Å². The van der Waals surface area contributed by atoms with Gasteiger partial charge in [-0.2, -0.15) is 0 Å². The number of methoxy groups -OCH3 is 1. The molecule has 0 atom stereocenters. The highest BCUT2D eigenvalue weighted by molar-refractivity contribution is 6.33. The topological polar surface area (TPSA) is 22.1 Å². The number of rotatable bonds is 2. The van der Waals surface area contributed by atoms with Crippen LogP contribution in [0.15, 0.2) is 12.3 Å². The summed E-state index contributed by atoms with van der Waals surface area (Å²) < 4.78 is 4.89. The fourth-order valence-electron chi connectivity index (χ4n) is 0.708. The number of alkyl halides is 1. The second-order valence-electron chi connectivity index (χ2n) is 1.93. The second-order valence-corrected chi connectivity index (χ2v) is 2.57. The van der Waals surface area contributed by atoms with Crippen LogP contribution < -0.4 is 4.74 Å². The molecule has 0 radical (unpaired) electrons. The van der Waals surface area contributed by atoms with Crippen molar-refractivity contribution in [2.75, 3.05) is 7.11 Å². The standard InChI is InChI=1S/C7H7Cl2NO/c1-11-7-6(9)5(4-8)2-3-10-7/h2-3H,4H2,1H3. The summed E-state index contributed by atoms with van der Waals surface area (Å²) in [5.41, 5.74) is 0.834. The van der Waals surface area contributed by atoms with Crippen molar-refractivity contribution in [2.45, 2.75) is 5.88 Å². The fraction of sp³-hybridized carbons (Fsp3) is 0.286. The van der Waals surface area contributed by atoms with Crippen LogP contribution in [0.2, 0.25) is 5.02 Å². The Balaban J connectivity index is 3.10. The zero-order valence-electron chi connectivity index (χ0n) is 5.97. The van der Waals surface area contributed by atoms with E-state index in [-0.39, 0.29) is 0 Å². The highest BCUT2D eigenvalue weighted by Gasteiger charge is 2.05. The summed E-state index contributed by atoms with van der Waals surface area (Å²) in [7, 11) is 1.52. The van der Waals surface area contributed by atoms with Crippen LogP contribution in [0.1, 0.15) is 5.56 Å². The Labute approximate surface area is 75.1 Å². The maximum absolute atomic E-state index is 5.84. The minimum Gasteiger partial charge on any atom is -0.480 e. The van der Waals surface area contributed by atoms with Gasteiger partial charge in [0.05, 0.1) is 7.11 Å². The molecule has 1 rings (SSSR count). The summed E-state index contributed by atoms with van der Waals surface area (Å²) in [5.74, 6) is 0.794. The monoisotopic (exact) mass is 191 g/mol. The lowest BCUT2D eigenvalue weighted by molar-refractivity contribution is 0.398. The van der Waals surface area contributed by atoms with Gasteiger partial charge in [0.15, 0.2) is 0 Å². The van der Waals surface area contributed by atoms with Crippen LogP contribution in [-0.2, 0) is 5.88 Å². The SMILES string of the molecule is COc1nccc(CCl)c1Cl. The van der Waals surface area contributed by atoms with E-state index in [9.17, 15) is 0 Å². The Morgan fingerprint density at radius 3 is 2.91 bits per heavy atom.